The number of hydrogen-bond donors (Lipinski definition) is 2. The van der Waals surface area contributed by atoms with Crippen molar-refractivity contribution in [2.24, 2.45) is 10.7 Å². The fraction of sp³-hybridized carbons (Fsp3) is 0.238. The Morgan fingerprint density at radius 1 is 1.03 bits per heavy atom. The van der Waals surface area contributed by atoms with Crippen molar-refractivity contribution in [3.05, 3.63) is 77.6 Å². The molecule has 0 saturated carbocycles. The Morgan fingerprint density at radius 2 is 1.79 bits per heavy atom. The third kappa shape index (κ3) is 6.67. The quantitative estimate of drug-likeness (QED) is 0.278. The van der Waals surface area contributed by atoms with Crippen molar-refractivity contribution in [3.63, 3.8) is 0 Å². The number of guanidine groups is 1. The van der Waals surface area contributed by atoms with Crippen LogP contribution in [0.15, 0.2) is 65.9 Å². The van der Waals surface area contributed by atoms with E-state index in [1.165, 1.54) is 5.56 Å². The predicted molar refractivity (Wildman–Crippen MR) is 125 cm³/mol. The predicted octanol–water partition coefficient (Wildman–Crippen LogP) is 3.17. The molecule has 3 rings (SSSR count). The van der Waals surface area contributed by atoms with Crippen LogP contribution in [0.25, 0.3) is 0 Å². The maximum absolute atomic E-state index is 5.98. The fourth-order valence-electron chi connectivity index (χ4n) is 2.76. The van der Waals surface area contributed by atoms with Crippen LogP contribution in [0.4, 0.5) is 0 Å². The number of aromatic nitrogens is 2. The second kappa shape index (κ2) is 11.3. The van der Waals surface area contributed by atoms with Crippen molar-refractivity contribution in [1.82, 2.24) is 15.1 Å². The molecule has 0 spiro atoms. The molecule has 0 saturated heterocycles. The van der Waals surface area contributed by atoms with Crippen LogP contribution in [-0.2, 0) is 19.6 Å². The van der Waals surface area contributed by atoms with Crippen LogP contribution in [0.5, 0.6) is 11.5 Å². The van der Waals surface area contributed by atoms with Crippen LogP contribution < -0.4 is 20.5 Å². The molecule has 0 aliphatic carbocycles. The van der Waals surface area contributed by atoms with Gasteiger partial charge in [0.25, 0.3) is 0 Å². The molecule has 0 fully saturated rings. The Kier molecular flexibility index (Phi) is 8.78. The van der Waals surface area contributed by atoms with Crippen molar-refractivity contribution in [1.29, 1.82) is 0 Å². The van der Waals surface area contributed by atoms with Crippen molar-refractivity contribution in [2.75, 3.05) is 14.2 Å². The smallest absolute Gasteiger partial charge is 0.189 e. The van der Waals surface area contributed by atoms with E-state index in [4.69, 9.17) is 15.2 Å². The Hall–Kier alpha value is -2.75. The molecular weight excluding hydrogens is 481 g/mol. The van der Waals surface area contributed by atoms with Gasteiger partial charge in [-0.2, -0.15) is 5.10 Å². The largest absolute Gasteiger partial charge is 0.493 e. The zero-order chi connectivity index (χ0) is 19.8. The highest BCUT2D eigenvalue weighted by Crippen LogP contribution is 2.27. The van der Waals surface area contributed by atoms with Crippen LogP contribution in [0.3, 0.4) is 0 Å². The number of halogens is 1. The third-order valence-electron chi connectivity index (χ3n) is 4.23. The van der Waals surface area contributed by atoms with Gasteiger partial charge >= 0.3 is 0 Å². The first-order chi connectivity index (χ1) is 13.7. The van der Waals surface area contributed by atoms with Gasteiger partial charge < -0.3 is 20.5 Å². The van der Waals surface area contributed by atoms with Crippen LogP contribution in [0.1, 0.15) is 16.7 Å². The molecule has 3 N–H and O–H groups in total. The minimum Gasteiger partial charge on any atom is -0.493 e. The average molecular weight is 507 g/mol. The molecule has 1 aromatic heterocycles. The highest BCUT2D eigenvalue weighted by Gasteiger charge is 2.05. The number of ether oxygens (including phenoxy) is 2. The van der Waals surface area contributed by atoms with Crippen molar-refractivity contribution < 1.29 is 9.47 Å². The molecule has 3 aromatic rings. The van der Waals surface area contributed by atoms with Crippen LogP contribution in [-0.4, -0.2) is 30.0 Å². The van der Waals surface area contributed by atoms with Gasteiger partial charge in [0, 0.05) is 18.3 Å². The number of rotatable bonds is 8. The molecule has 0 radical (unpaired) electrons. The van der Waals surface area contributed by atoms with Gasteiger partial charge in [-0.25, -0.2) is 4.99 Å². The first-order valence-corrected chi connectivity index (χ1v) is 8.98. The molecule has 154 valence electrons. The highest BCUT2D eigenvalue weighted by molar-refractivity contribution is 14.0. The van der Waals surface area contributed by atoms with E-state index < -0.39 is 0 Å². The van der Waals surface area contributed by atoms with Crippen LogP contribution in [0.2, 0.25) is 0 Å². The number of nitrogens with two attached hydrogens (primary N) is 1. The maximum Gasteiger partial charge on any atom is 0.189 e. The molecular formula is C21H26IN5O2. The second-order valence-electron chi connectivity index (χ2n) is 6.28. The van der Waals surface area contributed by atoms with Gasteiger partial charge in [-0.1, -0.05) is 36.4 Å². The van der Waals surface area contributed by atoms with E-state index in [1.807, 2.05) is 53.5 Å². The Balaban J connectivity index is 0.00000300. The maximum atomic E-state index is 5.98. The van der Waals surface area contributed by atoms with Gasteiger partial charge in [-0.05, 0) is 23.3 Å². The van der Waals surface area contributed by atoms with Gasteiger partial charge in [-0.3, -0.25) is 4.68 Å². The van der Waals surface area contributed by atoms with E-state index in [2.05, 4.69) is 27.5 Å². The van der Waals surface area contributed by atoms with Crippen molar-refractivity contribution in [2.45, 2.75) is 19.6 Å². The van der Waals surface area contributed by atoms with Crippen LogP contribution in [0, 0.1) is 0 Å². The number of nitrogens with zero attached hydrogens (tertiary/aromatic N) is 3. The standard InChI is InChI=1S/C21H25N5O2.HI/c1-27-19-9-8-17(10-20(19)28-2)11-23-21(22)24-12-18-13-25-26(15-18)14-16-6-4-3-5-7-16;/h3-10,13,15H,11-12,14H2,1-2H3,(H3,22,23,24);1H. The molecule has 1 heterocycles. The second-order valence-corrected chi connectivity index (χ2v) is 6.28. The van der Waals surface area contributed by atoms with Gasteiger partial charge in [0.1, 0.15) is 0 Å². The molecule has 0 aliphatic rings. The SMILES string of the molecule is COc1ccc(CNC(N)=NCc2cnn(Cc3ccccc3)c2)cc1OC.I. The summed E-state index contributed by atoms with van der Waals surface area (Å²) in [5.74, 6) is 1.76. The van der Waals surface area contributed by atoms with Gasteiger partial charge in [0.05, 0.1) is 33.5 Å². The van der Waals surface area contributed by atoms with E-state index in [0.717, 1.165) is 17.7 Å². The Morgan fingerprint density at radius 3 is 2.52 bits per heavy atom. The molecule has 0 atom stereocenters. The minimum absolute atomic E-state index is 0. The lowest BCUT2D eigenvalue weighted by Crippen LogP contribution is -2.31. The molecule has 0 unspecified atom stereocenters. The summed E-state index contributed by atoms with van der Waals surface area (Å²) in [5, 5.41) is 7.49. The first-order valence-electron chi connectivity index (χ1n) is 8.98. The third-order valence-corrected chi connectivity index (χ3v) is 4.23. The normalized spacial score (nSPS) is 10.9. The molecule has 7 nitrogen and oxygen atoms in total. The van der Waals surface area contributed by atoms with E-state index >= 15 is 0 Å². The number of aliphatic imine (C=N–C) groups is 1. The van der Waals surface area contributed by atoms with E-state index in [9.17, 15) is 0 Å². The van der Waals surface area contributed by atoms with Gasteiger partial charge in [-0.15, -0.1) is 24.0 Å². The summed E-state index contributed by atoms with van der Waals surface area (Å²) in [5.41, 5.74) is 9.21. The average Bonchev–Trinajstić information content (AvgIpc) is 3.18. The number of hydrogen-bond acceptors (Lipinski definition) is 4. The number of methoxy groups -OCH3 is 2. The molecule has 8 heteroatoms. The molecule has 29 heavy (non-hydrogen) atoms. The van der Waals surface area contributed by atoms with Gasteiger partial charge in [0.2, 0.25) is 0 Å². The summed E-state index contributed by atoms with van der Waals surface area (Å²) < 4.78 is 12.4. The first kappa shape index (κ1) is 22.5. The summed E-state index contributed by atoms with van der Waals surface area (Å²) in [6.45, 7) is 1.75. The lowest BCUT2D eigenvalue weighted by molar-refractivity contribution is 0.354. The zero-order valence-corrected chi connectivity index (χ0v) is 18.9. The summed E-state index contributed by atoms with van der Waals surface area (Å²) >= 11 is 0. The minimum atomic E-state index is 0. The molecule has 0 amide bonds. The molecule has 2 aromatic carbocycles. The number of nitrogens with one attached hydrogen (secondary N) is 1. The highest BCUT2D eigenvalue weighted by atomic mass is 127. The zero-order valence-electron chi connectivity index (χ0n) is 16.5. The van der Waals surface area contributed by atoms with E-state index in [-0.39, 0.29) is 24.0 Å². The topological polar surface area (TPSA) is 86.7 Å². The molecule has 0 bridgehead atoms. The van der Waals surface area contributed by atoms with Gasteiger partial charge in [0.15, 0.2) is 17.5 Å². The van der Waals surface area contributed by atoms with E-state index in [0.29, 0.717) is 30.5 Å². The lowest BCUT2D eigenvalue weighted by Gasteiger charge is -2.10. The summed E-state index contributed by atoms with van der Waals surface area (Å²) in [7, 11) is 3.23. The van der Waals surface area contributed by atoms with Crippen molar-refractivity contribution in [3.8, 4) is 11.5 Å². The summed E-state index contributed by atoms with van der Waals surface area (Å²) in [6, 6.07) is 15.9. The monoisotopic (exact) mass is 507 g/mol. The summed E-state index contributed by atoms with van der Waals surface area (Å²) in [6.07, 6.45) is 3.80. The fourth-order valence-corrected chi connectivity index (χ4v) is 2.76. The molecule has 0 aliphatic heterocycles. The lowest BCUT2D eigenvalue weighted by atomic mass is 10.2. The van der Waals surface area contributed by atoms with E-state index in [1.54, 1.807) is 14.2 Å². The number of benzene rings is 2. The Bertz CT molecular complexity index is 928. The Labute approximate surface area is 187 Å². The van der Waals surface area contributed by atoms with Crippen LogP contribution >= 0.6 is 24.0 Å². The van der Waals surface area contributed by atoms with Crippen molar-refractivity contribution >= 4 is 29.9 Å². The summed E-state index contributed by atoms with van der Waals surface area (Å²) in [4.78, 5) is 4.38.